The monoisotopic (exact) mass is 385 g/mol. The number of hydrogen-bond donors (Lipinski definition) is 1. The van der Waals surface area contributed by atoms with Crippen molar-refractivity contribution in [2.45, 2.75) is 6.04 Å². The van der Waals surface area contributed by atoms with Gasteiger partial charge in [-0.2, -0.15) is 0 Å². The topological polar surface area (TPSA) is 47.0 Å². The number of nitrogens with zero attached hydrogens (tertiary/aromatic N) is 2. The third-order valence-electron chi connectivity index (χ3n) is 2.69. The zero-order chi connectivity index (χ0) is 13.8. The van der Waals surface area contributed by atoms with E-state index in [0.717, 1.165) is 26.1 Å². The Hall–Kier alpha value is -0.980. The molecule has 2 heterocycles. The Morgan fingerprint density at radius 1 is 1.26 bits per heavy atom. The Morgan fingerprint density at radius 2 is 2.05 bits per heavy atom. The van der Waals surface area contributed by atoms with Crippen LogP contribution >= 0.6 is 31.9 Å². The minimum absolute atomic E-state index is 0.140. The molecule has 2 aromatic heterocycles. The van der Waals surface area contributed by atoms with E-state index < -0.39 is 0 Å². The lowest BCUT2D eigenvalue weighted by atomic mass is 10.1. The molecule has 0 saturated carbocycles. The molecular weight excluding hydrogens is 374 g/mol. The summed E-state index contributed by atoms with van der Waals surface area (Å²) in [6.45, 7) is 0. The van der Waals surface area contributed by atoms with E-state index in [4.69, 9.17) is 4.74 Å². The Labute approximate surface area is 128 Å². The van der Waals surface area contributed by atoms with E-state index in [-0.39, 0.29) is 6.04 Å². The molecule has 0 aliphatic heterocycles. The van der Waals surface area contributed by atoms with E-state index in [1.54, 1.807) is 19.5 Å². The summed E-state index contributed by atoms with van der Waals surface area (Å²) in [7, 11) is 3.51. The maximum Gasteiger partial charge on any atom is 0.142 e. The van der Waals surface area contributed by atoms with Gasteiger partial charge in [0, 0.05) is 21.3 Å². The first-order valence-electron chi connectivity index (χ1n) is 5.64. The quantitative estimate of drug-likeness (QED) is 0.875. The number of halogens is 2. The van der Waals surface area contributed by atoms with Gasteiger partial charge < -0.3 is 10.1 Å². The van der Waals surface area contributed by atoms with Gasteiger partial charge in [-0.25, -0.2) is 0 Å². The third kappa shape index (κ3) is 3.13. The molecule has 1 atom stereocenters. The summed E-state index contributed by atoms with van der Waals surface area (Å²) in [6, 6.07) is 5.55. The number of hydrogen-bond acceptors (Lipinski definition) is 4. The molecule has 0 radical (unpaired) electrons. The fourth-order valence-corrected chi connectivity index (χ4v) is 3.05. The molecular formula is C13H13Br2N3O. The van der Waals surface area contributed by atoms with Gasteiger partial charge in [0.1, 0.15) is 11.4 Å². The van der Waals surface area contributed by atoms with Gasteiger partial charge in [0.05, 0.1) is 18.8 Å². The van der Waals surface area contributed by atoms with E-state index in [0.29, 0.717) is 0 Å². The molecule has 0 amide bonds. The second-order valence-corrected chi connectivity index (χ2v) is 5.60. The second kappa shape index (κ2) is 6.45. The number of nitrogens with one attached hydrogen (secondary N) is 1. The Kier molecular flexibility index (Phi) is 4.90. The van der Waals surface area contributed by atoms with Crippen molar-refractivity contribution >= 4 is 31.9 Å². The van der Waals surface area contributed by atoms with Crippen LogP contribution in [0.15, 0.2) is 39.5 Å². The van der Waals surface area contributed by atoms with Crippen molar-refractivity contribution in [3.8, 4) is 5.75 Å². The summed E-state index contributed by atoms with van der Waals surface area (Å²) in [4.78, 5) is 8.85. The molecule has 6 heteroatoms. The van der Waals surface area contributed by atoms with Gasteiger partial charge >= 0.3 is 0 Å². The van der Waals surface area contributed by atoms with Crippen LogP contribution in [0.25, 0.3) is 0 Å². The molecule has 4 nitrogen and oxygen atoms in total. The number of methoxy groups -OCH3 is 1. The molecule has 19 heavy (non-hydrogen) atoms. The number of aromatic nitrogens is 2. The first-order chi connectivity index (χ1) is 9.17. The number of pyridine rings is 2. The van der Waals surface area contributed by atoms with Gasteiger partial charge in [0.15, 0.2) is 0 Å². The summed E-state index contributed by atoms with van der Waals surface area (Å²) in [6.07, 6.45) is 3.51. The molecule has 0 bridgehead atoms. The molecule has 0 aliphatic carbocycles. The minimum Gasteiger partial charge on any atom is -0.495 e. The number of rotatable bonds is 4. The van der Waals surface area contributed by atoms with Crippen LogP contribution in [0.4, 0.5) is 0 Å². The maximum absolute atomic E-state index is 5.36. The van der Waals surface area contributed by atoms with Crippen molar-refractivity contribution in [3.05, 3.63) is 50.9 Å². The van der Waals surface area contributed by atoms with E-state index in [1.807, 2.05) is 25.2 Å². The Balaban J connectivity index is 2.50. The lowest BCUT2D eigenvalue weighted by Crippen LogP contribution is -2.21. The van der Waals surface area contributed by atoms with Gasteiger partial charge in [0.2, 0.25) is 0 Å². The lowest BCUT2D eigenvalue weighted by molar-refractivity contribution is 0.401. The highest BCUT2D eigenvalue weighted by atomic mass is 79.9. The predicted octanol–water partition coefficient (Wildman–Crippen LogP) is 3.32. The molecule has 2 rings (SSSR count). The first-order valence-corrected chi connectivity index (χ1v) is 7.23. The summed E-state index contributed by atoms with van der Waals surface area (Å²) in [5.74, 6) is 0.735. The predicted molar refractivity (Wildman–Crippen MR) is 81.3 cm³/mol. The van der Waals surface area contributed by atoms with E-state index in [1.165, 1.54) is 0 Å². The molecule has 1 N–H and O–H groups in total. The van der Waals surface area contributed by atoms with Gasteiger partial charge in [0.25, 0.3) is 0 Å². The number of ether oxygens (including phenoxy) is 1. The maximum atomic E-state index is 5.36. The SMILES string of the molecule is CNC(c1ncc(Br)cc1Br)c1ncccc1OC. The van der Waals surface area contributed by atoms with Crippen LogP contribution in [0.3, 0.4) is 0 Å². The van der Waals surface area contributed by atoms with Crippen LogP contribution in [0.5, 0.6) is 5.75 Å². The summed E-state index contributed by atoms with van der Waals surface area (Å²) in [5, 5.41) is 3.22. The van der Waals surface area contributed by atoms with Crippen molar-refractivity contribution in [1.29, 1.82) is 0 Å². The normalized spacial score (nSPS) is 12.2. The average molecular weight is 387 g/mol. The minimum atomic E-state index is -0.140. The zero-order valence-electron chi connectivity index (χ0n) is 10.5. The molecule has 0 fully saturated rings. The smallest absolute Gasteiger partial charge is 0.142 e. The standard InChI is InChI=1S/C13H13Br2N3O/c1-16-13(11-9(15)6-8(14)7-18-11)12-10(19-2)4-3-5-17-12/h3-7,13,16H,1-2H3. The Bertz CT molecular complexity index is 578. The average Bonchev–Trinajstić information content (AvgIpc) is 2.42. The molecule has 0 aromatic carbocycles. The molecule has 0 spiro atoms. The van der Waals surface area contributed by atoms with Gasteiger partial charge in [-0.3, -0.25) is 9.97 Å². The van der Waals surface area contributed by atoms with Crippen LogP contribution in [-0.2, 0) is 0 Å². The van der Waals surface area contributed by atoms with E-state index in [9.17, 15) is 0 Å². The van der Waals surface area contributed by atoms with Gasteiger partial charge in [-0.1, -0.05) is 0 Å². The molecule has 100 valence electrons. The van der Waals surface area contributed by atoms with Crippen molar-refractivity contribution in [3.63, 3.8) is 0 Å². The van der Waals surface area contributed by atoms with Crippen LogP contribution in [-0.4, -0.2) is 24.1 Å². The molecule has 2 aromatic rings. The lowest BCUT2D eigenvalue weighted by Gasteiger charge is -2.18. The second-order valence-electron chi connectivity index (χ2n) is 3.83. The molecule has 1 unspecified atom stereocenters. The Morgan fingerprint density at radius 3 is 2.68 bits per heavy atom. The summed E-state index contributed by atoms with van der Waals surface area (Å²) >= 11 is 6.93. The van der Waals surface area contributed by atoms with Crippen LogP contribution < -0.4 is 10.1 Å². The van der Waals surface area contributed by atoms with Gasteiger partial charge in [-0.15, -0.1) is 0 Å². The van der Waals surface area contributed by atoms with E-state index in [2.05, 4.69) is 47.1 Å². The molecule has 0 aliphatic rings. The first kappa shape index (κ1) is 14.4. The van der Waals surface area contributed by atoms with Crippen LogP contribution in [0, 0.1) is 0 Å². The third-order valence-corrected chi connectivity index (χ3v) is 3.76. The highest BCUT2D eigenvalue weighted by Gasteiger charge is 2.21. The van der Waals surface area contributed by atoms with Crippen molar-refractivity contribution in [2.24, 2.45) is 0 Å². The fourth-order valence-electron chi connectivity index (χ4n) is 1.83. The molecule has 0 saturated heterocycles. The zero-order valence-corrected chi connectivity index (χ0v) is 13.7. The van der Waals surface area contributed by atoms with Crippen molar-refractivity contribution in [2.75, 3.05) is 14.2 Å². The van der Waals surface area contributed by atoms with Crippen molar-refractivity contribution in [1.82, 2.24) is 15.3 Å². The van der Waals surface area contributed by atoms with Crippen LogP contribution in [0.1, 0.15) is 17.4 Å². The summed E-state index contributed by atoms with van der Waals surface area (Å²) in [5.41, 5.74) is 1.67. The van der Waals surface area contributed by atoms with Gasteiger partial charge in [-0.05, 0) is 57.1 Å². The largest absolute Gasteiger partial charge is 0.495 e. The van der Waals surface area contributed by atoms with Crippen LogP contribution in [0.2, 0.25) is 0 Å². The fraction of sp³-hybridized carbons (Fsp3) is 0.231. The highest BCUT2D eigenvalue weighted by molar-refractivity contribution is 9.11. The summed E-state index contributed by atoms with van der Waals surface area (Å²) < 4.78 is 7.19. The highest BCUT2D eigenvalue weighted by Crippen LogP contribution is 2.31. The van der Waals surface area contributed by atoms with E-state index >= 15 is 0 Å². The van der Waals surface area contributed by atoms with Crippen molar-refractivity contribution < 1.29 is 4.74 Å².